The van der Waals surface area contributed by atoms with Crippen LogP contribution in [0.3, 0.4) is 0 Å². The van der Waals surface area contributed by atoms with Crippen molar-refractivity contribution >= 4 is 31.7 Å². The zero-order valence-electron chi connectivity index (χ0n) is 34.7. The van der Waals surface area contributed by atoms with Crippen LogP contribution in [0.25, 0.3) is 0 Å². The first-order chi connectivity index (χ1) is 28.1. The molecule has 0 bridgehead atoms. The van der Waals surface area contributed by atoms with Crippen LogP contribution in [-0.4, -0.2) is 82.1 Å². The van der Waals surface area contributed by atoms with E-state index < -0.39 is 110 Å². The fourth-order valence-electron chi connectivity index (χ4n) is 5.83. The van der Waals surface area contributed by atoms with Crippen LogP contribution >= 0.6 is 7.75 Å². The van der Waals surface area contributed by atoms with Crippen molar-refractivity contribution in [2.24, 2.45) is 5.92 Å². The molecule has 2 amide bonds. The van der Waals surface area contributed by atoms with Crippen molar-refractivity contribution in [3.05, 3.63) is 99.1 Å². The van der Waals surface area contributed by atoms with Crippen LogP contribution in [0.5, 0.6) is 5.75 Å². The van der Waals surface area contributed by atoms with Gasteiger partial charge in [0, 0.05) is 12.8 Å². The number of nitrogens with zero attached hydrogens (tertiary/aromatic N) is 1. The molecule has 1 saturated heterocycles. The number of carbonyl (C=O) groups excluding carboxylic acids is 4. The number of alkyl carbamates (subject to hydrolysis) is 1. The lowest BCUT2D eigenvalue weighted by molar-refractivity contribution is -0.157. The maximum atomic E-state index is 14.5. The zero-order valence-corrected chi connectivity index (χ0v) is 35.6. The van der Waals surface area contributed by atoms with E-state index in [-0.39, 0.29) is 18.6 Å². The third kappa shape index (κ3) is 14.1. The van der Waals surface area contributed by atoms with Gasteiger partial charge in [0.25, 0.3) is 5.56 Å². The Kier molecular flexibility index (Phi) is 16.4. The molecule has 1 aliphatic rings. The summed E-state index contributed by atoms with van der Waals surface area (Å²) < 4.78 is 63.7. The van der Waals surface area contributed by atoms with Crippen molar-refractivity contribution in [2.45, 2.75) is 116 Å². The SMILES string of the molecule is CC(C)OC(=O)[C@H](C)N[P@](=O)(OC[C@H]1O[C@@H](n2cc(F)c(=O)[nH]c2=O)C[C@@H]1OC(=O)[C@H](Cc1ccccc1)NC(=O)[C@@H](NC(=O)OC(C)(C)C)C(C)C)Oc1ccccc1. The van der Waals surface area contributed by atoms with E-state index in [4.69, 9.17) is 28.0 Å². The second-order valence-corrected chi connectivity index (χ2v) is 17.3. The van der Waals surface area contributed by atoms with Gasteiger partial charge in [0.2, 0.25) is 11.7 Å². The minimum absolute atomic E-state index is 0.0696. The number of H-pyrrole nitrogens is 1. The number of hydrogen-bond acceptors (Lipinski definition) is 13. The van der Waals surface area contributed by atoms with Gasteiger partial charge in [0.1, 0.15) is 47.9 Å². The second-order valence-electron chi connectivity index (χ2n) is 15.6. The van der Waals surface area contributed by atoms with Crippen LogP contribution in [0.15, 0.2) is 76.4 Å². The predicted octanol–water partition coefficient (Wildman–Crippen LogP) is 4.29. The van der Waals surface area contributed by atoms with Gasteiger partial charge in [-0.15, -0.1) is 0 Å². The number of halogens is 1. The van der Waals surface area contributed by atoms with E-state index in [1.54, 1.807) is 97.0 Å². The standard InChI is InChI=1S/C40H53FN5O13P/c1-23(2)33(43-39(52)58-40(6,7)8)35(48)42-29(19-26-15-11-9-12-16-26)37(50)57-30-20-32(46-21-28(41)34(47)44-38(46)51)56-31(30)22-54-60(53,59-27-17-13-10-14-18-27)45-25(5)36(49)55-24(3)4/h9-18,21,23-25,29-33H,19-20,22H2,1-8H3,(H,42,48)(H,43,52)(H,45,53)(H,44,47,51)/t25-,29-,30-,31+,32+,33-,60-/m0/s1. The lowest BCUT2D eigenvalue weighted by Gasteiger charge is -2.28. The highest BCUT2D eigenvalue weighted by atomic mass is 31.2. The topological polar surface area (TPSA) is 232 Å². The summed E-state index contributed by atoms with van der Waals surface area (Å²) in [6, 6.07) is 12.9. The molecule has 1 aromatic heterocycles. The van der Waals surface area contributed by atoms with Gasteiger partial charge in [-0.2, -0.15) is 9.48 Å². The fraction of sp³-hybridized carbons (Fsp3) is 0.500. The Labute approximate surface area is 346 Å². The van der Waals surface area contributed by atoms with Crippen molar-refractivity contribution in [2.75, 3.05) is 6.61 Å². The zero-order chi connectivity index (χ0) is 44.4. The Balaban J connectivity index is 1.65. The maximum Gasteiger partial charge on any atom is 0.459 e. The molecule has 18 nitrogen and oxygen atoms in total. The molecule has 0 radical (unpaired) electrons. The smallest absolute Gasteiger partial charge is 0.459 e. The fourth-order valence-corrected chi connectivity index (χ4v) is 7.33. The number of hydrogen-bond donors (Lipinski definition) is 4. The maximum absolute atomic E-state index is 14.5. The number of amides is 2. The molecule has 0 spiro atoms. The van der Waals surface area contributed by atoms with Crippen molar-refractivity contribution in [1.82, 2.24) is 25.3 Å². The quantitative estimate of drug-likeness (QED) is 0.0795. The Bertz CT molecular complexity index is 2110. The highest BCUT2D eigenvalue weighted by Crippen LogP contribution is 2.46. The molecule has 20 heteroatoms. The van der Waals surface area contributed by atoms with Crippen LogP contribution in [0.1, 0.15) is 73.6 Å². The Morgan fingerprint density at radius 3 is 2.18 bits per heavy atom. The molecule has 0 unspecified atom stereocenters. The van der Waals surface area contributed by atoms with Gasteiger partial charge < -0.3 is 34.1 Å². The molecule has 60 heavy (non-hydrogen) atoms. The van der Waals surface area contributed by atoms with Gasteiger partial charge in [-0.3, -0.25) is 28.5 Å². The van der Waals surface area contributed by atoms with Crippen LogP contribution in [-0.2, 0) is 48.8 Å². The van der Waals surface area contributed by atoms with Gasteiger partial charge in [-0.25, -0.2) is 18.9 Å². The van der Waals surface area contributed by atoms with Crippen molar-refractivity contribution in [3.8, 4) is 5.75 Å². The molecular weight excluding hydrogens is 808 g/mol. The van der Waals surface area contributed by atoms with Gasteiger partial charge in [0.05, 0.1) is 18.9 Å². The summed E-state index contributed by atoms with van der Waals surface area (Å²) in [6.45, 7) is 12.4. The molecule has 328 valence electrons. The molecule has 4 rings (SSSR count). The number of ether oxygens (including phenoxy) is 4. The number of carbonyl (C=O) groups is 4. The minimum atomic E-state index is -4.50. The van der Waals surface area contributed by atoms with Crippen LogP contribution in [0.4, 0.5) is 9.18 Å². The van der Waals surface area contributed by atoms with Gasteiger partial charge in [-0.05, 0) is 65.2 Å². The first-order valence-electron chi connectivity index (χ1n) is 19.3. The molecule has 1 aliphatic heterocycles. The Morgan fingerprint density at radius 1 is 0.950 bits per heavy atom. The molecule has 7 atom stereocenters. The molecule has 2 heterocycles. The van der Waals surface area contributed by atoms with E-state index in [1.807, 2.05) is 4.98 Å². The molecular formula is C40H53FN5O13P. The normalized spacial score (nSPS) is 19.1. The Morgan fingerprint density at radius 2 is 1.58 bits per heavy atom. The third-order valence-electron chi connectivity index (χ3n) is 8.62. The average molecular weight is 862 g/mol. The minimum Gasteiger partial charge on any atom is -0.462 e. The van der Waals surface area contributed by atoms with Gasteiger partial charge in [-0.1, -0.05) is 62.4 Å². The molecule has 3 aromatic rings. The first kappa shape index (κ1) is 47.3. The van der Waals surface area contributed by atoms with Gasteiger partial charge in [0.15, 0.2) is 0 Å². The molecule has 0 saturated carbocycles. The van der Waals surface area contributed by atoms with Crippen molar-refractivity contribution in [1.29, 1.82) is 0 Å². The number of para-hydroxylation sites is 1. The molecule has 4 N–H and O–H groups in total. The van der Waals surface area contributed by atoms with E-state index in [1.165, 1.54) is 19.1 Å². The van der Waals surface area contributed by atoms with Crippen molar-refractivity contribution in [3.63, 3.8) is 0 Å². The summed E-state index contributed by atoms with van der Waals surface area (Å²) >= 11 is 0. The second kappa shape index (κ2) is 20.7. The highest BCUT2D eigenvalue weighted by molar-refractivity contribution is 7.52. The monoisotopic (exact) mass is 861 g/mol. The highest BCUT2D eigenvalue weighted by Gasteiger charge is 2.44. The van der Waals surface area contributed by atoms with Crippen LogP contribution in [0, 0.1) is 11.7 Å². The van der Waals surface area contributed by atoms with E-state index in [9.17, 15) is 37.7 Å². The average Bonchev–Trinajstić information content (AvgIpc) is 3.55. The first-order valence-corrected chi connectivity index (χ1v) is 20.9. The number of aromatic nitrogens is 2. The summed E-state index contributed by atoms with van der Waals surface area (Å²) in [7, 11) is -4.50. The summed E-state index contributed by atoms with van der Waals surface area (Å²) in [5.74, 6) is -4.12. The third-order valence-corrected chi connectivity index (χ3v) is 10.3. The number of aromatic amines is 1. The van der Waals surface area contributed by atoms with Crippen molar-refractivity contribution < 1.29 is 56.1 Å². The lowest BCUT2D eigenvalue weighted by atomic mass is 10.0. The van der Waals surface area contributed by atoms with E-state index in [2.05, 4.69) is 15.7 Å². The van der Waals surface area contributed by atoms with Crippen LogP contribution in [0.2, 0.25) is 0 Å². The largest absolute Gasteiger partial charge is 0.462 e. The van der Waals surface area contributed by atoms with E-state index in [0.717, 1.165) is 4.57 Å². The van der Waals surface area contributed by atoms with E-state index >= 15 is 0 Å². The molecule has 0 aliphatic carbocycles. The summed E-state index contributed by atoms with van der Waals surface area (Å²) in [4.78, 5) is 79.8. The summed E-state index contributed by atoms with van der Waals surface area (Å²) in [5, 5.41) is 7.78. The Hall–Kier alpha value is -5.36. The molecule has 2 aromatic carbocycles. The van der Waals surface area contributed by atoms with Gasteiger partial charge >= 0.3 is 31.5 Å². The predicted molar refractivity (Wildman–Crippen MR) is 214 cm³/mol. The molecule has 1 fully saturated rings. The number of esters is 2. The summed E-state index contributed by atoms with van der Waals surface area (Å²) in [6.07, 6.45) is -5.14. The number of benzene rings is 2. The number of rotatable bonds is 18. The van der Waals surface area contributed by atoms with E-state index in [0.29, 0.717) is 11.8 Å². The van der Waals surface area contributed by atoms with Crippen LogP contribution < -0.4 is 31.5 Å². The lowest BCUT2D eigenvalue weighted by Crippen LogP contribution is -2.55. The number of nitrogens with one attached hydrogen (secondary N) is 4. The summed E-state index contributed by atoms with van der Waals surface area (Å²) in [5.41, 5.74) is -2.54.